The number of amides is 1. The number of nitrogens with zero attached hydrogens (tertiary/aromatic N) is 1. The minimum atomic E-state index is -4.56. The Labute approximate surface area is 198 Å². The van der Waals surface area contributed by atoms with E-state index in [1.807, 2.05) is 0 Å². The summed E-state index contributed by atoms with van der Waals surface area (Å²) >= 11 is 0. The smallest absolute Gasteiger partial charge is 0.358 e. The topological polar surface area (TPSA) is 54.0 Å². The molecule has 0 saturated heterocycles. The number of nitrogens with one attached hydrogen (secondary N) is 2. The number of rotatable bonds is 8. The van der Waals surface area contributed by atoms with Crippen molar-refractivity contribution in [3.05, 3.63) is 100 Å². The molecule has 0 saturated carbocycles. The number of pyridine rings is 1. The highest BCUT2D eigenvalue weighted by atomic mass is 19.4. The van der Waals surface area contributed by atoms with Gasteiger partial charge in [0.15, 0.2) is 0 Å². The first-order valence-corrected chi connectivity index (χ1v) is 10.7. The molecule has 3 aromatic rings. The van der Waals surface area contributed by atoms with E-state index < -0.39 is 47.3 Å². The number of carbonyl (C=O) groups excluding carboxylic acids is 1. The Bertz CT molecular complexity index is 1160. The number of benzene rings is 2. The number of hydrogen-bond donors (Lipinski definition) is 2. The molecule has 1 unspecified atom stereocenters. The number of aryl methyl sites for hydroxylation is 2. The maximum atomic E-state index is 13.9. The van der Waals surface area contributed by atoms with Crippen LogP contribution in [0.25, 0.3) is 0 Å². The molecule has 4 nitrogen and oxygen atoms in total. The van der Waals surface area contributed by atoms with E-state index in [-0.39, 0.29) is 18.4 Å². The van der Waals surface area contributed by atoms with Crippen molar-refractivity contribution in [2.75, 3.05) is 7.05 Å². The predicted octanol–water partition coefficient (Wildman–Crippen LogP) is 5.58. The van der Waals surface area contributed by atoms with E-state index in [9.17, 15) is 31.1 Å². The summed E-state index contributed by atoms with van der Waals surface area (Å²) in [5.41, 5.74) is 0.477. The average molecular weight is 495 g/mol. The van der Waals surface area contributed by atoms with Crippen LogP contribution in [-0.2, 0) is 17.4 Å². The summed E-state index contributed by atoms with van der Waals surface area (Å²) in [4.78, 5) is 16.1. The normalized spacial score (nSPS) is 13.4. The average Bonchev–Trinajstić information content (AvgIpc) is 2.79. The van der Waals surface area contributed by atoms with Crippen molar-refractivity contribution >= 4 is 5.91 Å². The van der Waals surface area contributed by atoms with Crippen LogP contribution in [0.2, 0.25) is 0 Å². The van der Waals surface area contributed by atoms with Crippen molar-refractivity contribution in [2.45, 2.75) is 38.0 Å². The van der Waals surface area contributed by atoms with Gasteiger partial charge < -0.3 is 5.32 Å². The van der Waals surface area contributed by atoms with E-state index in [1.54, 1.807) is 13.0 Å². The van der Waals surface area contributed by atoms with Crippen LogP contribution in [0.15, 0.2) is 54.7 Å². The number of carbonyl (C=O) groups is 1. The van der Waals surface area contributed by atoms with Gasteiger partial charge in [-0.3, -0.25) is 15.1 Å². The lowest BCUT2D eigenvalue weighted by Crippen LogP contribution is -2.38. The van der Waals surface area contributed by atoms with Crippen molar-refractivity contribution in [3.63, 3.8) is 0 Å². The minimum Gasteiger partial charge on any atom is -0.358 e. The van der Waals surface area contributed by atoms with Crippen molar-refractivity contribution < 1.29 is 31.1 Å². The Morgan fingerprint density at radius 2 is 1.66 bits per heavy atom. The Morgan fingerprint density at radius 3 is 2.20 bits per heavy atom. The maximum absolute atomic E-state index is 13.9. The van der Waals surface area contributed by atoms with Gasteiger partial charge in [-0.25, -0.2) is 13.2 Å². The monoisotopic (exact) mass is 495 g/mol. The molecule has 2 aromatic carbocycles. The van der Waals surface area contributed by atoms with Crippen molar-refractivity contribution in [3.8, 4) is 0 Å². The lowest BCUT2D eigenvalue weighted by Gasteiger charge is -2.26. The summed E-state index contributed by atoms with van der Waals surface area (Å²) in [6, 6.07) is 7.49. The van der Waals surface area contributed by atoms with Crippen LogP contribution in [0.3, 0.4) is 0 Å². The summed E-state index contributed by atoms with van der Waals surface area (Å²) in [5.74, 6) is -2.72. The third kappa shape index (κ3) is 6.82. The molecule has 1 aromatic heterocycles. The van der Waals surface area contributed by atoms with Gasteiger partial charge in [-0.1, -0.05) is 18.2 Å². The van der Waals surface area contributed by atoms with E-state index in [1.165, 1.54) is 25.2 Å². The zero-order valence-electron chi connectivity index (χ0n) is 18.9. The van der Waals surface area contributed by atoms with Crippen LogP contribution in [-0.4, -0.2) is 17.9 Å². The van der Waals surface area contributed by atoms with Crippen molar-refractivity contribution in [2.24, 2.45) is 0 Å². The molecule has 2 atom stereocenters. The first-order valence-electron chi connectivity index (χ1n) is 10.7. The Hall–Kier alpha value is -3.40. The first-order chi connectivity index (χ1) is 16.5. The van der Waals surface area contributed by atoms with Gasteiger partial charge in [-0.2, -0.15) is 13.2 Å². The van der Waals surface area contributed by atoms with Crippen LogP contribution in [0.1, 0.15) is 46.5 Å². The van der Waals surface area contributed by atoms with Gasteiger partial charge in [-0.15, -0.1) is 0 Å². The van der Waals surface area contributed by atoms with Crippen LogP contribution >= 0.6 is 0 Å². The molecule has 0 bridgehead atoms. The molecule has 0 spiro atoms. The molecule has 1 heterocycles. The molecule has 10 heteroatoms. The second-order valence-corrected chi connectivity index (χ2v) is 8.07. The minimum absolute atomic E-state index is 0.0434. The summed E-state index contributed by atoms with van der Waals surface area (Å²) in [5, 5.41) is 5.53. The second-order valence-electron chi connectivity index (χ2n) is 8.07. The number of alkyl halides is 3. The highest BCUT2D eigenvalue weighted by Gasteiger charge is 2.32. The van der Waals surface area contributed by atoms with Crippen LogP contribution in [0.5, 0.6) is 0 Å². The van der Waals surface area contributed by atoms with E-state index in [0.717, 1.165) is 24.4 Å². The lowest BCUT2D eigenvalue weighted by molar-refractivity contribution is -0.141. The zero-order chi connectivity index (χ0) is 25.8. The van der Waals surface area contributed by atoms with Gasteiger partial charge in [0.05, 0.1) is 0 Å². The highest BCUT2D eigenvalue weighted by Crippen LogP contribution is 2.29. The number of aromatic nitrogens is 1. The second kappa shape index (κ2) is 10.9. The molecule has 0 fully saturated rings. The van der Waals surface area contributed by atoms with Crippen molar-refractivity contribution in [1.82, 2.24) is 15.6 Å². The molecule has 0 radical (unpaired) electrons. The third-order valence-electron chi connectivity index (χ3n) is 5.52. The summed E-state index contributed by atoms with van der Waals surface area (Å²) < 4.78 is 80.0. The zero-order valence-corrected chi connectivity index (χ0v) is 18.9. The van der Waals surface area contributed by atoms with Gasteiger partial charge in [0.2, 0.25) is 5.91 Å². The standard InChI is InChI=1S/C25H23F6N3O/c1-14-9-16(5-6-20(14)28)21(7-3-15-4-8-22(33-13-15)25(29,30)31)34-23(24(35)32-2)17-10-18(26)12-19(27)11-17/h4-6,8-13,21,23,34H,3,7H2,1-2H3,(H,32,35)/t21-,23?/m1/s1. The molecule has 0 aliphatic carbocycles. The molecule has 3 rings (SSSR count). The van der Waals surface area contributed by atoms with Crippen LogP contribution in [0.4, 0.5) is 26.3 Å². The molecular formula is C25H23F6N3O. The van der Waals surface area contributed by atoms with E-state index >= 15 is 0 Å². The largest absolute Gasteiger partial charge is 0.433 e. The van der Waals surface area contributed by atoms with Gasteiger partial charge in [0.25, 0.3) is 0 Å². The molecule has 1 amide bonds. The molecule has 35 heavy (non-hydrogen) atoms. The van der Waals surface area contributed by atoms with Gasteiger partial charge in [0, 0.05) is 25.4 Å². The Morgan fingerprint density at radius 1 is 0.971 bits per heavy atom. The summed E-state index contributed by atoms with van der Waals surface area (Å²) in [7, 11) is 1.37. The molecule has 0 aliphatic rings. The van der Waals surface area contributed by atoms with E-state index in [2.05, 4.69) is 15.6 Å². The number of likely N-dealkylation sites (N-methyl/N-ethyl adjacent to an activating group) is 1. The van der Waals surface area contributed by atoms with Gasteiger partial charge in [0.1, 0.15) is 29.2 Å². The predicted molar refractivity (Wildman–Crippen MR) is 118 cm³/mol. The fourth-order valence-electron chi connectivity index (χ4n) is 3.69. The molecule has 0 aliphatic heterocycles. The number of hydrogen-bond acceptors (Lipinski definition) is 3. The number of halogens is 6. The fourth-order valence-corrected chi connectivity index (χ4v) is 3.69. The van der Waals surface area contributed by atoms with Crippen LogP contribution < -0.4 is 10.6 Å². The Kier molecular flexibility index (Phi) is 8.16. The third-order valence-corrected chi connectivity index (χ3v) is 5.52. The lowest BCUT2D eigenvalue weighted by atomic mass is 9.95. The molecular weight excluding hydrogens is 472 g/mol. The quantitative estimate of drug-likeness (QED) is 0.402. The van der Waals surface area contributed by atoms with Gasteiger partial charge >= 0.3 is 6.18 Å². The highest BCUT2D eigenvalue weighted by molar-refractivity contribution is 5.83. The fraction of sp³-hybridized carbons (Fsp3) is 0.280. The SMILES string of the molecule is CNC(=O)C(N[C@H](CCc1ccc(C(F)(F)F)nc1)c1ccc(F)c(C)c1)c1cc(F)cc(F)c1. The first kappa shape index (κ1) is 26.2. The summed E-state index contributed by atoms with van der Waals surface area (Å²) in [6.45, 7) is 1.56. The molecule has 186 valence electrons. The summed E-state index contributed by atoms with van der Waals surface area (Å²) in [6.07, 6.45) is -2.91. The molecule has 2 N–H and O–H groups in total. The van der Waals surface area contributed by atoms with E-state index in [4.69, 9.17) is 0 Å². The van der Waals surface area contributed by atoms with Crippen molar-refractivity contribution in [1.29, 1.82) is 0 Å². The maximum Gasteiger partial charge on any atom is 0.433 e. The van der Waals surface area contributed by atoms with Gasteiger partial charge in [-0.05, 0) is 66.3 Å². The van der Waals surface area contributed by atoms with E-state index in [0.29, 0.717) is 22.8 Å². The Balaban J connectivity index is 1.92. The van der Waals surface area contributed by atoms with Crippen LogP contribution in [0, 0.1) is 24.4 Å².